The zero-order valence-electron chi connectivity index (χ0n) is 12.5. The molecule has 110 valence electrons. The van der Waals surface area contributed by atoms with Crippen molar-refractivity contribution in [3.63, 3.8) is 0 Å². The number of amides is 1. The van der Waals surface area contributed by atoms with Gasteiger partial charge in [-0.05, 0) is 31.2 Å². The summed E-state index contributed by atoms with van der Waals surface area (Å²) < 4.78 is 10.5. The Labute approximate surface area is 124 Å². The monoisotopic (exact) mass is 285 g/mol. The molecule has 0 heterocycles. The fourth-order valence-corrected chi connectivity index (χ4v) is 2.06. The molecule has 1 N–H and O–H groups in total. The van der Waals surface area contributed by atoms with E-state index in [1.54, 1.807) is 26.4 Å². The van der Waals surface area contributed by atoms with E-state index in [4.69, 9.17) is 9.47 Å². The lowest BCUT2D eigenvalue weighted by atomic mass is 10.1. The Hall–Kier alpha value is -2.49. The standard InChI is InChI=1S/C17H19NO3/c1-12-5-4-6-13(9-12)17(19)18-11-14-7-8-15(20-2)10-16(14)21-3/h4-10H,11H2,1-3H3,(H,18,19). The van der Waals surface area contributed by atoms with Crippen LogP contribution in [0.3, 0.4) is 0 Å². The molecule has 0 atom stereocenters. The van der Waals surface area contributed by atoms with Gasteiger partial charge in [-0.25, -0.2) is 0 Å². The molecule has 21 heavy (non-hydrogen) atoms. The van der Waals surface area contributed by atoms with Crippen molar-refractivity contribution in [2.45, 2.75) is 13.5 Å². The van der Waals surface area contributed by atoms with Crippen LogP contribution in [-0.4, -0.2) is 20.1 Å². The normalized spacial score (nSPS) is 10.0. The van der Waals surface area contributed by atoms with Crippen LogP contribution < -0.4 is 14.8 Å². The minimum Gasteiger partial charge on any atom is -0.497 e. The van der Waals surface area contributed by atoms with Gasteiger partial charge in [0.05, 0.1) is 14.2 Å². The Balaban J connectivity index is 2.07. The van der Waals surface area contributed by atoms with Crippen LogP contribution in [0.1, 0.15) is 21.5 Å². The van der Waals surface area contributed by atoms with Crippen molar-refractivity contribution in [2.75, 3.05) is 14.2 Å². The van der Waals surface area contributed by atoms with Crippen molar-refractivity contribution in [1.29, 1.82) is 0 Å². The van der Waals surface area contributed by atoms with Gasteiger partial charge in [0.15, 0.2) is 0 Å². The molecule has 0 aliphatic heterocycles. The molecular weight excluding hydrogens is 266 g/mol. The van der Waals surface area contributed by atoms with Crippen molar-refractivity contribution in [3.8, 4) is 11.5 Å². The van der Waals surface area contributed by atoms with E-state index in [-0.39, 0.29) is 5.91 Å². The molecule has 2 aromatic carbocycles. The Bertz CT molecular complexity index is 638. The number of carbonyl (C=O) groups is 1. The summed E-state index contributed by atoms with van der Waals surface area (Å²) in [4.78, 5) is 12.1. The van der Waals surface area contributed by atoms with Crippen molar-refractivity contribution in [3.05, 3.63) is 59.2 Å². The SMILES string of the molecule is COc1ccc(CNC(=O)c2cccc(C)c2)c(OC)c1. The predicted molar refractivity (Wildman–Crippen MR) is 81.9 cm³/mol. The maximum atomic E-state index is 12.1. The fraction of sp³-hybridized carbons (Fsp3) is 0.235. The van der Waals surface area contributed by atoms with Gasteiger partial charge in [-0.3, -0.25) is 4.79 Å². The number of hydrogen-bond donors (Lipinski definition) is 1. The van der Waals surface area contributed by atoms with Gasteiger partial charge in [0.25, 0.3) is 5.91 Å². The van der Waals surface area contributed by atoms with Gasteiger partial charge in [0.1, 0.15) is 11.5 Å². The van der Waals surface area contributed by atoms with Crippen LogP contribution in [0.25, 0.3) is 0 Å². The lowest BCUT2D eigenvalue weighted by Gasteiger charge is -2.11. The first-order chi connectivity index (χ1) is 10.1. The largest absolute Gasteiger partial charge is 0.497 e. The van der Waals surface area contributed by atoms with Crippen molar-refractivity contribution in [1.82, 2.24) is 5.32 Å². The summed E-state index contributed by atoms with van der Waals surface area (Å²) in [6.45, 7) is 2.36. The fourth-order valence-electron chi connectivity index (χ4n) is 2.06. The number of hydrogen-bond acceptors (Lipinski definition) is 3. The summed E-state index contributed by atoms with van der Waals surface area (Å²) >= 11 is 0. The highest BCUT2D eigenvalue weighted by Crippen LogP contribution is 2.24. The highest BCUT2D eigenvalue weighted by atomic mass is 16.5. The van der Waals surface area contributed by atoms with Gasteiger partial charge >= 0.3 is 0 Å². The number of ether oxygens (including phenoxy) is 2. The molecule has 0 spiro atoms. The van der Waals surface area contributed by atoms with Crippen LogP contribution in [0.4, 0.5) is 0 Å². The third-order valence-corrected chi connectivity index (χ3v) is 3.21. The molecule has 1 amide bonds. The lowest BCUT2D eigenvalue weighted by molar-refractivity contribution is 0.0950. The van der Waals surface area contributed by atoms with Gasteiger partial charge in [-0.15, -0.1) is 0 Å². The van der Waals surface area contributed by atoms with Crippen LogP contribution in [0.15, 0.2) is 42.5 Å². The summed E-state index contributed by atoms with van der Waals surface area (Å²) in [7, 11) is 3.20. The second kappa shape index (κ2) is 6.79. The average Bonchev–Trinajstić information content (AvgIpc) is 2.52. The third-order valence-electron chi connectivity index (χ3n) is 3.21. The summed E-state index contributed by atoms with van der Waals surface area (Å²) in [6.07, 6.45) is 0. The number of aryl methyl sites for hydroxylation is 1. The first-order valence-electron chi connectivity index (χ1n) is 6.70. The Kier molecular flexibility index (Phi) is 4.82. The summed E-state index contributed by atoms with van der Waals surface area (Å²) in [6, 6.07) is 13.0. The molecule has 0 aromatic heterocycles. The molecule has 0 bridgehead atoms. The number of carbonyl (C=O) groups excluding carboxylic acids is 1. The van der Waals surface area contributed by atoms with Gasteiger partial charge in [-0.2, -0.15) is 0 Å². The number of rotatable bonds is 5. The van der Waals surface area contributed by atoms with E-state index in [1.807, 2.05) is 37.3 Å². The minimum absolute atomic E-state index is 0.100. The molecule has 0 saturated heterocycles. The quantitative estimate of drug-likeness (QED) is 0.918. The van der Waals surface area contributed by atoms with Crippen LogP contribution in [0.5, 0.6) is 11.5 Å². The zero-order valence-corrected chi connectivity index (χ0v) is 12.5. The molecule has 0 fully saturated rings. The van der Waals surface area contributed by atoms with E-state index >= 15 is 0 Å². The third kappa shape index (κ3) is 3.75. The van der Waals surface area contributed by atoms with E-state index in [0.717, 1.165) is 16.9 Å². The van der Waals surface area contributed by atoms with Crippen molar-refractivity contribution < 1.29 is 14.3 Å². The highest BCUT2D eigenvalue weighted by molar-refractivity contribution is 5.94. The molecule has 4 nitrogen and oxygen atoms in total. The van der Waals surface area contributed by atoms with Gasteiger partial charge in [-0.1, -0.05) is 17.7 Å². The Morgan fingerprint density at radius 3 is 2.57 bits per heavy atom. The highest BCUT2D eigenvalue weighted by Gasteiger charge is 2.08. The Morgan fingerprint density at radius 2 is 1.90 bits per heavy atom. The second-order valence-electron chi connectivity index (χ2n) is 4.73. The van der Waals surface area contributed by atoms with Gasteiger partial charge in [0.2, 0.25) is 0 Å². The molecule has 0 aliphatic rings. The summed E-state index contributed by atoms with van der Waals surface area (Å²) in [5, 5.41) is 2.89. The number of benzene rings is 2. The first kappa shape index (κ1) is 14.9. The topological polar surface area (TPSA) is 47.6 Å². The van der Waals surface area contributed by atoms with Crippen LogP contribution in [0.2, 0.25) is 0 Å². The molecule has 4 heteroatoms. The first-order valence-corrected chi connectivity index (χ1v) is 6.70. The smallest absolute Gasteiger partial charge is 0.251 e. The molecule has 0 saturated carbocycles. The number of methoxy groups -OCH3 is 2. The second-order valence-corrected chi connectivity index (χ2v) is 4.73. The van der Waals surface area contributed by atoms with Crippen molar-refractivity contribution in [2.24, 2.45) is 0 Å². The van der Waals surface area contributed by atoms with Crippen molar-refractivity contribution >= 4 is 5.91 Å². The predicted octanol–water partition coefficient (Wildman–Crippen LogP) is 2.94. The maximum absolute atomic E-state index is 12.1. The Morgan fingerprint density at radius 1 is 1.10 bits per heavy atom. The molecule has 2 rings (SSSR count). The van der Waals surface area contributed by atoms with E-state index in [2.05, 4.69) is 5.32 Å². The van der Waals surface area contributed by atoms with Gasteiger partial charge < -0.3 is 14.8 Å². The minimum atomic E-state index is -0.100. The zero-order chi connectivity index (χ0) is 15.2. The van der Waals surface area contributed by atoms with E-state index in [9.17, 15) is 4.79 Å². The average molecular weight is 285 g/mol. The summed E-state index contributed by atoms with van der Waals surface area (Å²) in [5.74, 6) is 1.32. The van der Waals surface area contributed by atoms with Crippen LogP contribution >= 0.6 is 0 Å². The summed E-state index contributed by atoms with van der Waals surface area (Å²) in [5.41, 5.74) is 2.62. The molecular formula is C17H19NO3. The van der Waals surface area contributed by atoms with E-state index in [1.165, 1.54) is 0 Å². The van der Waals surface area contributed by atoms with Crippen LogP contribution in [0, 0.1) is 6.92 Å². The molecule has 0 unspecified atom stereocenters. The van der Waals surface area contributed by atoms with Crippen LogP contribution in [-0.2, 0) is 6.54 Å². The molecule has 0 radical (unpaired) electrons. The molecule has 0 aliphatic carbocycles. The number of nitrogens with one attached hydrogen (secondary N) is 1. The molecule has 2 aromatic rings. The lowest BCUT2D eigenvalue weighted by Crippen LogP contribution is -2.23. The van der Waals surface area contributed by atoms with Gasteiger partial charge in [0, 0.05) is 23.7 Å². The van der Waals surface area contributed by atoms with E-state index in [0.29, 0.717) is 17.9 Å². The maximum Gasteiger partial charge on any atom is 0.251 e. The van der Waals surface area contributed by atoms with E-state index < -0.39 is 0 Å².